The normalized spacial score (nSPS) is 19.4. The molecule has 0 aromatic heterocycles. The summed E-state index contributed by atoms with van der Waals surface area (Å²) >= 11 is 0. The molecule has 3 amide bonds. The molecule has 4 unspecified atom stereocenters. The molecule has 0 aromatic carbocycles. The third kappa shape index (κ3) is 8.12. The van der Waals surface area contributed by atoms with E-state index < -0.39 is 36.0 Å². The Labute approximate surface area is 185 Å². The zero-order chi connectivity index (χ0) is 23.9. The Morgan fingerprint density at radius 1 is 1.00 bits per heavy atom. The van der Waals surface area contributed by atoms with E-state index in [0.29, 0.717) is 32.2 Å². The van der Waals surface area contributed by atoms with Crippen molar-refractivity contribution in [2.45, 2.75) is 91.4 Å². The molecule has 9 nitrogen and oxygen atoms in total. The van der Waals surface area contributed by atoms with Crippen LogP contribution in [-0.2, 0) is 19.2 Å². The maximum Gasteiger partial charge on any atom is 0.326 e. The van der Waals surface area contributed by atoms with Gasteiger partial charge in [0.05, 0.1) is 6.04 Å². The molecule has 1 rings (SSSR count). The molecule has 4 atom stereocenters. The van der Waals surface area contributed by atoms with Crippen LogP contribution in [0.5, 0.6) is 0 Å². The van der Waals surface area contributed by atoms with Crippen LogP contribution in [0.3, 0.4) is 0 Å². The number of likely N-dealkylation sites (tertiary alicyclic amines) is 1. The zero-order valence-electron chi connectivity index (χ0n) is 19.7. The first kappa shape index (κ1) is 26.9. The number of amides is 3. The number of carboxylic acid groups (broad SMARTS) is 1. The molecular weight excluding hydrogens is 400 g/mol. The predicted molar refractivity (Wildman–Crippen MR) is 118 cm³/mol. The lowest BCUT2D eigenvalue weighted by Crippen LogP contribution is -2.57. The van der Waals surface area contributed by atoms with Gasteiger partial charge in [0.2, 0.25) is 17.7 Å². The number of hydrogen-bond donors (Lipinski definition) is 4. The fraction of sp³-hybridized carbons (Fsp3) is 0.818. The van der Waals surface area contributed by atoms with E-state index >= 15 is 0 Å². The summed E-state index contributed by atoms with van der Waals surface area (Å²) in [5.41, 5.74) is 5.98. The van der Waals surface area contributed by atoms with Crippen molar-refractivity contribution in [3.8, 4) is 0 Å². The van der Waals surface area contributed by atoms with Crippen molar-refractivity contribution >= 4 is 23.7 Å². The van der Waals surface area contributed by atoms with Crippen LogP contribution < -0.4 is 16.4 Å². The Bertz CT molecular complexity index is 650. The lowest BCUT2D eigenvalue weighted by Gasteiger charge is -2.31. The minimum atomic E-state index is -1.11. The van der Waals surface area contributed by atoms with Gasteiger partial charge in [-0.2, -0.15) is 0 Å². The van der Waals surface area contributed by atoms with Gasteiger partial charge in [0, 0.05) is 6.54 Å². The fourth-order valence-corrected chi connectivity index (χ4v) is 3.85. The lowest BCUT2D eigenvalue weighted by atomic mass is 9.99. The summed E-state index contributed by atoms with van der Waals surface area (Å²) in [6, 6.07) is -3.25. The van der Waals surface area contributed by atoms with Gasteiger partial charge in [-0.1, -0.05) is 41.5 Å². The number of hydrogen-bond acceptors (Lipinski definition) is 5. The number of nitrogens with two attached hydrogens (primary N) is 1. The Morgan fingerprint density at radius 2 is 1.58 bits per heavy atom. The molecule has 1 saturated heterocycles. The summed E-state index contributed by atoms with van der Waals surface area (Å²) in [5, 5.41) is 14.7. The molecule has 1 aliphatic rings. The fourth-order valence-electron chi connectivity index (χ4n) is 3.85. The van der Waals surface area contributed by atoms with Crippen molar-refractivity contribution in [3.63, 3.8) is 0 Å². The third-order valence-corrected chi connectivity index (χ3v) is 5.45. The second kappa shape index (κ2) is 12.0. The molecule has 31 heavy (non-hydrogen) atoms. The van der Waals surface area contributed by atoms with Crippen LogP contribution >= 0.6 is 0 Å². The second-order valence-electron chi connectivity index (χ2n) is 9.68. The largest absolute Gasteiger partial charge is 0.480 e. The van der Waals surface area contributed by atoms with Gasteiger partial charge in [0.15, 0.2) is 0 Å². The van der Waals surface area contributed by atoms with Gasteiger partial charge in [0.1, 0.15) is 18.1 Å². The molecule has 0 saturated carbocycles. The van der Waals surface area contributed by atoms with Crippen molar-refractivity contribution in [2.75, 3.05) is 6.54 Å². The highest BCUT2D eigenvalue weighted by Gasteiger charge is 2.39. The average molecular weight is 441 g/mol. The monoisotopic (exact) mass is 440 g/mol. The molecule has 0 radical (unpaired) electrons. The van der Waals surface area contributed by atoms with Gasteiger partial charge < -0.3 is 26.4 Å². The topological polar surface area (TPSA) is 142 Å². The van der Waals surface area contributed by atoms with E-state index in [1.807, 2.05) is 27.7 Å². The summed E-state index contributed by atoms with van der Waals surface area (Å²) in [5.74, 6) is -2.19. The van der Waals surface area contributed by atoms with Crippen molar-refractivity contribution in [1.82, 2.24) is 15.5 Å². The molecule has 0 spiro atoms. The second-order valence-corrected chi connectivity index (χ2v) is 9.68. The maximum absolute atomic E-state index is 13.3. The number of carboxylic acids is 1. The molecule has 0 aliphatic carbocycles. The van der Waals surface area contributed by atoms with Gasteiger partial charge in [-0.05, 0) is 43.4 Å². The van der Waals surface area contributed by atoms with Crippen LogP contribution in [0.25, 0.3) is 0 Å². The highest BCUT2D eigenvalue weighted by atomic mass is 16.4. The molecule has 0 aromatic rings. The Balaban J connectivity index is 2.95. The Kier molecular flexibility index (Phi) is 10.4. The van der Waals surface area contributed by atoms with Crippen LogP contribution in [0.4, 0.5) is 0 Å². The average Bonchev–Trinajstić information content (AvgIpc) is 3.13. The van der Waals surface area contributed by atoms with E-state index in [1.165, 1.54) is 4.90 Å². The first-order chi connectivity index (χ1) is 14.3. The van der Waals surface area contributed by atoms with Gasteiger partial charge >= 0.3 is 5.97 Å². The van der Waals surface area contributed by atoms with Crippen LogP contribution in [0.15, 0.2) is 0 Å². The molecule has 9 heteroatoms. The molecule has 1 heterocycles. The first-order valence-corrected chi connectivity index (χ1v) is 11.2. The molecule has 1 fully saturated rings. The number of aliphatic carboxylic acids is 1. The number of nitrogens with one attached hydrogen (secondary N) is 2. The van der Waals surface area contributed by atoms with Crippen LogP contribution in [0.1, 0.15) is 67.2 Å². The highest BCUT2D eigenvalue weighted by molar-refractivity contribution is 5.94. The number of carbonyl (C=O) groups is 4. The number of rotatable bonds is 11. The molecule has 178 valence electrons. The molecular formula is C22H40N4O5. The van der Waals surface area contributed by atoms with Crippen LogP contribution in [0, 0.1) is 17.8 Å². The first-order valence-electron chi connectivity index (χ1n) is 11.2. The van der Waals surface area contributed by atoms with Gasteiger partial charge in [-0.15, -0.1) is 0 Å². The molecule has 5 N–H and O–H groups in total. The summed E-state index contributed by atoms with van der Waals surface area (Å²) in [6.45, 7) is 11.7. The third-order valence-electron chi connectivity index (χ3n) is 5.45. The molecule has 1 aliphatic heterocycles. The van der Waals surface area contributed by atoms with Crippen molar-refractivity contribution < 1.29 is 24.3 Å². The Morgan fingerprint density at radius 3 is 2.06 bits per heavy atom. The van der Waals surface area contributed by atoms with Crippen LogP contribution in [-0.4, -0.2) is 64.4 Å². The Hall–Kier alpha value is -2.16. The van der Waals surface area contributed by atoms with Crippen molar-refractivity contribution in [2.24, 2.45) is 23.5 Å². The van der Waals surface area contributed by atoms with E-state index in [1.54, 1.807) is 13.8 Å². The van der Waals surface area contributed by atoms with Crippen LogP contribution in [0.2, 0.25) is 0 Å². The van der Waals surface area contributed by atoms with Crippen molar-refractivity contribution in [1.29, 1.82) is 0 Å². The minimum absolute atomic E-state index is 0.141. The van der Waals surface area contributed by atoms with Gasteiger partial charge in [0.25, 0.3) is 0 Å². The predicted octanol–water partition coefficient (Wildman–Crippen LogP) is 1.11. The van der Waals surface area contributed by atoms with E-state index in [0.717, 1.165) is 0 Å². The van der Waals surface area contributed by atoms with Crippen molar-refractivity contribution in [3.05, 3.63) is 0 Å². The quantitative estimate of drug-likeness (QED) is 0.379. The summed E-state index contributed by atoms with van der Waals surface area (Å²) < 4.78 is 0. The van der Waals surface area contributed by atoms with E-state index in [-0.39, 0.29) is 29.6 Å². The smallest absolute Gasteiger partial charge is 0.326 e. The zero-order valence-corrected chi connectivity index (χ0v) is 19.7. The van der Waals surface area contributed by atoms with Gasteiger partial charge in [-0.25, -0.2) is 4.79 Å². The highest BCUT2D eigenvalue weighted by Crippen LogP contribution is 2.21. The minimum Gasteiger partial charge on any atom is -0.480 e. The summed E-state index contributed by atoms with van der Waals surface area (Å²) in [7, 11) is 0. The summed E-state index contributed by atoms with van der Waals surface area (Å²) in [6.07, 6.45) is 2.03. The SMILES string of the molecule is CC(C)CC(N)C(=O)NC(CC(C)C)C(=O)N1CCCC1C(=O)NC(C(=O)O)C(C)C. The van der Waals surface area contributed by atoms with E-state index in [4.69, 9.17) is 5.73 Å². The standard InChI is InChI=1S/C22H40N4O5/c1-12(2)10-15(23)19(27)24-16(11-13(3)4)21(29)26-9-7-8-17(26)20(28)25-18(14(5)6)22(30)31/h12-18H,7-11,23H2,1-6H3,(H,24,27)(H,25,28)(H,30,31). The van der Waals surface area contributed by atoms with E-state index in [2.05, 4.69) is 10.6 Å². The maximum atomic E-state index is 13.3. The number of carbonyl (C=O) groups excluding carboxylic acids is 3. The molecule has 0 bridgehead atoms. The van der Waals surface area contributed by atoms with E-state index in [9.17, 15) is 24.3 Å². The van der Waals surface area contributed by atoms with Gasteiger partial charge in [-0.3, -0.25) is 14.4 Å². The lowest BCUT2D eigenvalue weighted by molar-refractivity contribution is -0.146. The summed E-state index contributed by atoms with van der Waals surface area (Å²) in [4.78, 5) is 51.6. The number of nitrogens with zero attached hydrogens (tertiary/aromatic N) is 1.